The molecule has 0 bridgehead atoms. The first-order valence-corrected chi connectivity index (χ1v) is 7.27. The molecule has 0 unspecified atom stereocenters. The van der Waals surface area contributed by atoms with Crippen LogP contribution in [0, 0.1) is 0 Å². The number of hydrogen-bond donors (Lipinski definition) is 0. The maximum absolute atomic E-state index is 14.4. The van der Waals surface area contributed by atoms with Crippen molar-refractivity contribution in [2.75, 3.05) is 6.61 Å². The minimum absolute atomic E-state index is 0.0249. The predicted octanol–water partition coefficient (Wildman–Crippen LogP) is 4.11. The Morgan fingerprint density at radius 2 is 1.75 bits per heavy atom. The normalized spacial score (nSPS) is 24.9. The van der Waals surface area contributed by atoms with E-state index in [1.165, 1.54) is 12.1 Å². The highest BCUT2D eigenvalue weighted by Gasteiger charge is 2.73. The minimum atomic E-state index is -4.45. The van der Waals surface area contributed by atoms with Crippen LogP contribution in [-0.2, 0) is 14.3 Å². The van der Waals surface area contributed by atoms with E-state index >= 15 is 0 Å². The summed E-state index contributed by atoms with van der Waals surface area (Å²) in [5, 5.41) is 1.05. The maximum atomic E-state index is 14.4. The van der Waals surface area contributed by atoms with Gasteiger partial charge in [0.05, 0.1) is 0 Å². The van der Waals surface area contributed by atoms with E-state index in [9.17, 15) is 22.4 Å². The van der Waals surface area contributed by atoms with Gasteiger partial charge in [0.1, 0.15) is 6.61 Å². The molecule has 0 amide bonds. The van der Waals surface area contributed by atoms with Crippen LogP contribution in [0.4, 0.5) is 17.6 Å². The van der Waals surface area contributed by atoms with Crippen molar-refractivity contribution in [2.45, 2.75) is 31.0 Å². The third-order valence-corrected chi connectivity index (χ3v) is 4.02. The van der Waals surface area contributed by atoms with Gasteiger partial charge in [-0.1, -0.05) is 42.5 Å². The minimum Gasteiger partial charge on any atom is -0.463 e. The summed E-state index contributed by atoms with van der Waals surface area (Å²) in [5.74, 6) is -9.72. The summed E-state index contributed by atoms with van der Waals surface area (Å²) >= 11 is 0. The van der Waals surface area contributed by atoms with E-state index in [2.05, 4.69) is 4.74 Å². The summed E-state index contributed by atoms with van der Waals surface area (Å²) in [5.41, 5.74) is -0.0249. The summed E-state index contributed by atoms with van der Waals surface area (Å²) in [6, 6.07) is 11.2. The number of esters is 1. The van der Waals surface area contributed by atoms with Crippen molar-refractivity contribution in [3.63, 3.8) is 0 Å². The monoisotopic (exact) mass is 342 g/mol. The number of rotatable bonds is 3. The number of fused-ring (bicyclic) bond motifs is 1. The van der Waals surface area contributed by atoms with Gasteiger partial charge in [0.25, 0.3) is 0 Å². The maximum Gasteiger partial charge on any atom is 0.342 e. The van der Waals surface area contributed by atoms with Gasteiger partial charge in [-0.15, -0.1) is 0 Å². The van der Waals surface area contributed by atoms with E-state index < -0.39 is 36.6 Å². The first-order chi connectivity index (χ1) is 11.2. The Morgan fingerprint density at radius 1 is 1.08 bits per heavy atom. The lowest BCUT2D eigenvalue weighted by molar-refractivity contribution is -0.203. The Bertz CT molecular complexity index is 770. The summed E-state index contributed by atoms with van der Waals surface area (Å²) in [6.45, 7) is 0.0760. The zero-order valence-corrected chi connectivity index (χ0v) is 12.6. The molecule has 7 heteroatoms. The van der Waals surface area contributed by atoms with Crippen molar-refractivity contribution in [1.82, 2.24) is 0 Å². The van der Waals surface area contributed by atoms with Crippen molar-refractivity contribution in [3.8, 4) is 0 Å². The molecule has 0 spiro atoms. The quantitative estimate of drug-likeness (QED) is 0.622. The van der Waals surface area contributed by atoms with Crippen molar-refractivity contribution in [1.29, 1.82) is 0 Å². The van der Waals surface area contributed by atoms with Crippen LogP contribution >= 0.6 is 0 Å². The van der Waals surface area contributed by atoms with Crippen molar-refractivity contribution in [2.24, 2.45) is 0 Å². The molecule has 1 aliphatic rings. The summed E-state index contributed by atoms with van der Waals surface area (Å²) in [4.78, 5) is 10.8. The largest absolute Gasteiger partial charge is 0.463 e. The van der Waals surface area contributed by atoms with Gasteiger partial charge in [-0.25, -0.2) is 0 Å². The zero-order chi connectivity index (χ0) is 17.5. The van der Waals surface area contributed by atoms with E-state index in [1.807, 2.05) is 0 Å². The van der Waals surface area contributed by atoms with E-state index in [4.69, 9.17) is 4.74 Å². The number of carbonyl (C=O) groups excluding carboxylic acids is 1. The summed E-state index contributed by atoms with van der Waals surface area (Å²) < 4.78 is 66.3. The number of alkyl halides is 4. The van der Waals surface area contributed by atoms with Crippen LogP contribution in [0.2, 0.25) is 0 Å². The highest BCUT2D eigenvalue weighted by molar-refractivity contribution is 5.86. The molecule has 2 aromatic rings. The number of benzene rings is 2. The Balaban J connectivity index is 2.02. The molecule has 1 saturated heterocycles. The Hall–Kier alpha value is -2.15. The lowest BCUT2D eigenvalue weighted by Crippen LogP contribution is -2.46. The standard InChI is InChI=1S/C17H14F4O3/c1-10(22)23-9-14-16(18,19)17(20,21)15(24-14)13-8-4-6-11-5-2-3-7-12(11)13/h2-8,14-15H,9H2,1H3/t14-,15+/m1/s1. The van der Waals surface area contributed by atoms with Crippen LogP contribution in [0.25, 0.3) is 10.8 Å². The molecule has 1 heterocycles. The van der Waals surface area contributed by atoms with Gasteiger partial charge < -0.3 is 9.47 Å². The fourth-order valence-corrected chi connectivity index (χ4v) is 2.81. The number of halogens is 4. The first-order valence-electron chi connectivity index (χ1n) is 7.27. The lowest BCUT2D eigenvalue weighted by Gasteiger charge is -2.23. The Kier molecular flexibility index (Phi) is 3.99. The number of hydrogen-bond acceptors (Lipinski definition) is 3. The molecule has 0 aromatic heterocycles. The van der Waals surface area contributed by atoms with Crippen LogP contribution in [0.15, 0.2) is 42.5 Å². The van der Waals surface area contributed by atoms with Gasteiger partial charge in [-0.2, -0.15) is 17.6 Å². The molecule has 2 aromatic carbocycles. The molecule has 24 heavy (non-hydrogen) atoms. The SMILES string of the molecule is CC(=O)OC[C@H]1O[C@@H](c2cccc3ccccc23)C(F)(F)C1(F)F. The number of ether oxygens (including phenoxy) is 2. The summed E-state index contributed by atoms with van der Waals surface area (Å²) in [7, 11) is 0. The highest BCUT2D eigenvalue weighted by Crippen LogP contribution is 2.55. The van der Waals surface area contributed by atoms with Crippen molar-refractivity contribution < 1.29 is 31.8 Å². The lowest BCUT2D eigenvalue weighted by atomic mass is 9.95. The molecule has 2 atom stereocenters. The smallest absolute Gasteiger partial charge is 0.342 e. The van der Waals surface area contributed by atoms with Crippen LogP contribution in [0.5, 0.6) is 0 Å². The molecule has 3 nitrogen and oxygen atoms in total. The zero-order valence-electron chi connectivity index (χ0n) is 12.6. The van der Waals surface area contributed by atoms with Crippen LogP contribution in [-0.4, -0.2) is 30.5 Å². The second-order valence-electron chi connectivity index (χ2n) is 5.62. The highest BCUT2D eigenvalue weighted by atomic mass is 19.3. The Labute approximate surface area is 135 Å². The Morgan fingerprint density at radius 3 is 2.46 bits per heavy atom. The van der Waals surface area contributed by atoms with Gasteiger partial charge in [0, 0.05) is 6.92 Å². The number of carbonyl (C=O) groups is 1. The van der Waals surface area contributed by atoms with Crippen molar-refractivity contribution in [3.05, 3.63) is 48.0 Å². The molecular formula is C17H14F4O3. The van der Waals surface area contributed by atoms with Gasteiger partial charge >= 0.3 is 17.8 Å². The molecular weight excluding hydrogens is 328 g/mol. The van der Waals surface area contributed by atoms with E-state index in [0.29, 0.717) is 10.8 Å². The van der Waals surface area contributed by atoms with Gasteiger partial charge in [-0.3, -0.25) is 4.79 Å². The second kappa shape index (κ2) is 5.73. The van der Waals surface area contributed by atoms with E-state index in [-0.39, 0.29) is 5.56 Å². The van der Waals surface area contributed by atoms with Gasteiger partial charge in [-0.05, 0) is 16.3 Å². The summed E-state index contributed by atoms with van der Waals surface area (Å²) in [6.07, 6.45) is -4.33. The van der Waals surface area contributed by atoms with Gasteiger partial charge in [0.15, 0.2) is 12.2 Å². The third kappa shape index (κ3) is 2.53. The average molecular weight is 342 g/mol. The fourth-order valence-electron chi connectivity index (χ4n) is 2.81. The predicted molar refractivity (Wildman–Crippen MR) is 78.1 cm³/mol. The molecule has 3 rings (SSSR count). The van der Waals surface area contributed by atoms with E-state index in [1.54, 1.807) is 30.3 Å². The first kappa shape index (κ1) is 16.7. The van der Waals surface area contributed by atoms with Crippen LogP contribution in [0.1, 0.15) is 18.6 Å². The average Bonchev–Trinajstić information content (AvgIpc) is 2.71. The second-order valence-corrected chi connectivity index (χ2v) is 5.62. The van der Waals surface area contributed by atoms with Crippen LogP contribution < -0.4 is 0 Å². The molecule has 1 fully saturated rings. The van der Waals surface area contributed by atoms with Gasteiger partial charge in [0.2, 0.25) is 0 Å². The molecule has 0 saturated carbocycles. The fraction of sp³-hybridized carbons (Fsp3) is 0.353. The molecule has 0 aliphatic carbocycles. The van der Waals surface area contributed by atoms with Crippen molar-refractivity contribution >= 4 is 16.7 Å². The molecule has 0 N–H and O–H groups in total. The molecule has 1 aliphatic heterocycles. The third-order valence-electron chi connectivity index (χ3n) is 4.02. The molecule has 128 valence electrons. The molecule has 0 radical (unpaired) electrons. The topological polar surface area (TPSA) is 35.5 Å². The van der Waals surface area contributed by atoms with E-state index in [0.717, 1.165) is 6.92 Å². The van der Waals surface area contributed by atoms with Crippen LogP contribution in [0.3, 0.4) is 0 Å².